The van der Waals surface area contributed by atoms with E-state index in [2.05, 4.69) is 51.3 Å². The number of hydrogen-bond donors (Lipinski definition) is 0. The zero-order chi connectivity index (χ0) is 13.0. The van der Waals surface area contributed by atoms with Gasteiger partial charge in [0.05, 0.1) is 0 Å². The van der Waals surface area contributed by atoms with E-state index in [-0.39, 0.29) is 0 Å². The zero-order valence-electron chi connectivity index (χ0n) is 11.2. The Hall–Kier alpha value is -1.48. The number of rotatable bonds is 0. The lowest BCUT2D eigenvalue weighted by molar-refractivity contribution is 1.35. The third-order valence-corrected chi connectivity index (χ3v) is 1.74. The minimum Gasteiger partial charge on any atom is -0.102 e. The standard InChI is InChI=1S/C9H11.C5H6.C2H6/c1-7-4-5-8(2)9(3)6-7;1-3-5-4-2;1-2/h4-6H,2H2,1,3H3;3H,1H2,2H3;1-2H3. The molecule has 1 rings (SSSR count). The van der Waals surface area contributed by atoms with Crippen LogP contribution in [0.25, 0.3) is 0 Å². The van der Waals surface area contributed by atoms with E-state index >= 15 is 0 Å². The average molecular weight is 215 g/mol. The molecule has 0 heterocycles. The molecule has 0 aromatic heterocycles. The van der Waals surface area contributed by atoms with E-state index in [1.54, 1.807) is 13.0 Å². The molecule has 0 aliphatic carbocycles. The first-order valence-corrected chi connectivity index (χ1v) is 5.54. The van der Waals surface area contributed by atoms with Crippen molar-refractivity contribution in [3.8, 4) is 11.8 Å². The van der Waals surface area contributed by atoms with Crippen LogP contribution in [0.1, 0.15) is 37.5 Å². The molecule has 87 valence electrons. The lowest BCUT2D eigenvalue weighted by atomic mass is 10.1. The first kappa shape index (κ1) is 16.9. The van der Waals surface area contributed by atoms with Gasteiger partial charge in [-0.1, -0.05) is 50.1 Å². The molecule has 0 atom stereocenters. The van der Waals surface area contributed by atoms with Crippen LogP contribution in [-0.4, -0.2) is 0 Å². The van der Waals surface area contributed by atoms with Gasteiger partial charge in [0.2, 0.25) is 0 Å². The monoisotopic (exact) mass is 215 g/mol. The average Bonchev–Trinajstić information content (AvgIpc) is 2.29. The fourth-order valence-corrected chi connectivity index (χ4v) is 0.948. The quantitative estimate of drug-likeness (QED) is 0.550. The Morgan fingerprint density at radius 2 is 1.75 bits per heavy atom. The zero-order valence-corrected chi connectivity index (χ0v) is 11.2. The predicted octanol–water partition coefficient (Wildman–Crippen LogP) is 4.71. The molecule has 0 aliphatic rings. The first-order valence-electron chi connectivity index (χ1n) is 5.54. The normalized spacial score (nSPS) is 7.12. The van der Waals surface area contributed by atoms with Gasteiger partial charge in [0.1, 0.15) is 0 Å². The fourth-order valence-electron chi connectivity index (χ4n) is 0.948. The molecule has 1 aromatic carbocycles. The van der Waals surface area contributed by atoms with E-state index in [9.17, 15) is 0 Å². The molecule has 0 heteroatoms. The molecule has 1 aromatic rings. The highest BCUT2D eigenvalue weighted by molar-refractivity contribution is 5.31. The Balaban J connectivity index is 0. The summed E-state index contributed by atoms with van der Waals surface area (Å²) in [6.07, 6.45) is 1.57. The summed E-state index contributed by atoms with van der Waals surface area (Å²) in [5.41, 5.74) is 3.70. The van der Waals surface area contributed by atoms with Crippen molar-refractivity contribution in [3.63, 3.8) is 0 Å². The van der Waals surface area contributed by atoms with Gasteiger partial charge in [-0.25, -0.2) is 0 Å². The van der Waals surface area contributed by atoms with Crippen LogP contribution in [0.5, 0.6) is 0 Å². The summed E-state index contributed by atoms with van der Waals surface area (Å²) in [6.45, 7) is 17.2. The maximum absolute atomic E-state index is 3.86. The third-order valence-electron chi connectivity index (χ3n) is 1.74. The number of hydrogen-bond acceptors (Lipinski definition) is 0. The smallest absolute Gasteiger partial charge is 0.00235 e. The molecule has 0 saturated carbocycles. The molecule has 16 heavy (non-hydrogen) atoms. The SMILES string of the molecule is C=CC#CC.CC.[CH2]c1ccc(C)cc1C. The van der Waals surface area contributed by atoms with Crippen molar-refractivity contribution in [2.24, 2.45) is 0 Å². The van der Waals surface area contributed by atoms with Crippen LogP contribution in [0.2, 0.25) is 0 Å². The Kier molecular flexibility index (Phi) is 12.3. The van der Waals surface area contributed by atoms with Gasteiger partial charge in [-0.05, 0) is 44.9 Å². The van der Waals surface area contributed by atoms with E-state index in [0.29, 0.717) is 0 Å². The van der Waals surface area contributed by atoms with Crippen LogP contribution >= 0.6 is 0 Å². The van der Waals surface area contributed by atoms with Gasteiger partial charge in [-0.2, -0.15) is 0 Å². The van der Waals surface area contributed by atoms with Crippen molar-refractivity contribution >= 4 is 0 Å². The van der Waals surface area contributed by atoms with E-state index < -0.39 is 0 Å². The van der Waals surface area contributed by atoms with Gasteiger partial charge in [0, 0.05) is 0 Å². The summed E-state index contributed by atoms with van der Waals surface area (Å²) in [4.78, 5) is 0. The van der Waals surface area contributed by atoms with Crippen molar-refractivity contribution in [1.29, 1.82) is 0 Å². The minimum absolute atomic E-state index is 1.13. The topological polar surface area (TPSA) is 0 Å². The number of aryl methyl sites for hydroxylation is 2. The van der Waals surface area contributed by atoms with Crippen molar-refractivity contribution in [3.05, 3.63) is 54.5 Å². The van der Waals surface area contributed by atoms with Crippen LogP contribution < -0.4 is 0 Å². The molecular formula is C16H23. The summed E-state index contributed by atoms with van der Waals surface area (Å²) < 4.78 is 0. The first-order chi connectivity index (χ1) is 7.61. The lowest BCUT2D eigenvalue weighted by Crippen LogP contribution is -1.79. The molecule has 0 N–H and O–H groups in total. The van der Waals surface area contributed by atoms with Crippen LogP contribution in [0, 0.1) is 32.6 Å². The van der Waals surface area contributed by atoms with Crippen molar-refractivity contribution in [1.82, 2.24) is 0 Å². The number of benzene rings is 1. The Morgan fingerprint density at radius 1 is 1.19 bits per heavy atom. The fraction of sp³-hybridized carbons (Fsp3) is 0.312. The maximum atomic E-state index is 3.86. The van der Waals surface area contributed by atoms with E-state index in [0.717, 1.165) is 5.56 Å². The van der Waals surface area contributed by atoms with Gasteiger partial charge < -0.3 is 0 Å². The van der Waals surface area contributed by atoms with E-state index in [4.69, 9.17) is 0 Å². The lowest BCUT2D eigenvalue weighted by Gasteiger charge is -1.98. The summed E-state index contributed by atoms with van der Waals surface area (Å²) in [5, 5.41) is 0. The van der Waals surface area contributed by atoms with Crippen LogP contribution in [-0.2, 0) is 0 Å². The molecular weight excluding hydrogens is 192 g/mol. The van der Waals surface area contributed by atoms with Crippen molar-refractivity contribution in [2.75, 3.05) is 0 Å². The highest BCUT2D eigenvalue weighted by atomic mass is 13.9. The summed E-state index contributed by atoms with van der Waals surface area (Å²) in [5.74, 6) is 5.27. The van der Waals surface area contributed by atoms with Gasteiger partial charge in [0.25, 0.3) is 0 Å². The second-order valence-electron chi connectivity index (χ2n) is 3.03. The molecule has 0 saturated heterocycles. The van der Waals surface area contributed by atoms with Crippen LogP contribution in [0.3, 0.4) is 0 Å². The molecule has 0 unspecified atom stereocenters. The minimum atomic E-state index is 1.13. The summed E-state index contributed by atoms with van der Waals surface area (Å²) in [7, 11) is 0. The Labute approximate surface area is 101 Å². The van der Waals surface area contributed by atoms with Gasteiger partial charge in [0.15, 0.2) is 0 Å². The van der Waals surface area contributed by atoms with Crippen LogP contribution in [0.15, 0.2) is 30.9 Å². The summed E-state index contributed by atoms with van der Waals surface area (Å²) >= 11 is 0. The van der Waals surface area contributed by atoms with Crippen LogP contribution in [0.4, 0.5) is 0 Å². The number of allylic oxidation sites excluding steroid dienone is 1. The van der Waals surface area contributed by atoms with Gasteiger partial charge >= 0.3 is 0 Å². The third kappa shape index (κ3) is 9.09. The van der Waals surface area contributed by atoms with Crippen molar-refractivity contribution in [2.45, 2.75) is 34.6 Å². The van der Waals surface area contributed by atoms with Gasteiger partial charge in [-0.15, -0.1) is 5.92 Å². The van der Waals surface area contributed by atoms with E-state index in [1.807, 2.05) is 19.9 Å². The molecule has 0 nitrogen and oxygen atoms in total. The second kappa shape index (κ2) is 11.6. The second-order valence-corrected chi connectivity index (χ2v) is 3.03. The van der Waals surface area contributed by atoms with E-state index in [1.165, 1.54) is 11.1 Å². The Bertz CT molecular complexity index is 348. The molecule has 0 aliphatic heterocycles. The highest BCUT2D eigenvalue weighted by Gasteiger charge is 1.89. The Morgan fingerprint density at radius 3 is 2.00 bits per heavy atom. The molecule has 0 amide bonds. The van der Waals surface area contributed by atoms with Crippen molar-refractivity contribution < 1.29 is 0 Å². The molecule has 1 radical (unpaired) electrons. The maximum Gasteiger partial charge on any atom is -0.00235 e. The molecule has 0 fully saturated rings. The molecule has 0 bridgehead atoms. The largest absolute Gasteiger partial charge is 0.102 e. The summed E-state index contributed by atoms with van der Waals surface area (Å²) in [6, 6.07) is 6.27. The molecule has 0 spiro atoms. The predicted molar refractivity (Wildman–Crippen MR) is 75.4 cm³/mol. The highest BCUT2D eigenvalue weighted by Crippen LogP contribution is 2.07. The van der Waals surface area contributed by atoms with Gasteiger partial charge in [-0.3, -0.25) is 0 Å².